The molecule has 4 rings (SSSR count). The normalized spacial score (nSPS) is 10.5. The Balaban J connectivity index is 0.00000294. The smallest absolute Gasteiger partial charge is 0.250 e. The Hall–Kier alpha value is -3.59. The molecule has 0 N–H and O–H groups in total. The number of aromatic nitrogens is 2. The standard InChI is InChI=1S/C31H36N4O4.2ClH/c1-33(31(37)21-25-6-4-7-27(20-25)38-3)17-18-35(23-24-12-14-32-15-13-24)16-5-19-39-28-9-10-29-26(22-28)8-11-30(36)34(29)2;;/h4,6-15,20,22H,5,16-19,21,23H2,1-3H3;2*1H. The van der Waals surface area contributed by atoms with Gasteiger partial charge in [-0.2, -0.15) is 0 Å². The maximum absolute atomic E-state index is 12.9. The number of amides is 1. The first-order valence-electron chi connectivity index (χ1n) is 13.1. The van der Waals surface area contributed by atoms with Crippen molar-refractivity contribution >= 4 is 41.6 Å². The topological polar surface area (TPSA) is 76.9 Å². The van der Waals surface area contributed by atoms with Crippen molar-refractivity contribution in [3.8, 4) is 11.5 Å². The van der Waals surface area contributed by atoms with Gasteiger partial charge in [-0.25, -0.2) is 0 Å². The highest BCUT2D eigenvalue weighted by Crippen LogP contribution is 2.19. The zero-order valence-electron chi connectivity index (χ0n) is 23.7. The summed E-state index contributed by atoms with van der Waals surface area (Å²) in [6, 6.07) is 20.8. The number of benzene rings is 2. The minimum atomic E-state index is -0.0295. The molecule has 0 fully saturated rings. The quantitative estimate of drug-likeness (QED) is 0.206. The van der Waals surface area contributed by atoms with Crippen LogP contribution >= 0.6 is 24.8 Å². The number of ether oxygens (including phenoxy) is 2. The molecule has 0 saturated heterocycles. The molecule has 0 aliphatic heterocycles. The number of hydrogen-bond donors (Lipinski definition) is 0. The molecule has 0 aliphatic carbocycles. The van der Waals surface area contributed by atoms with Gasteiger partial charge < -0.3 is 18.9 Å². The number of likely N-dealkylation sites (N-methyl/N-ethyl adjacent to an activating group) is 1. The average Bonchev–Trinajstić information content (AvgIpc) is 2.96. The number of hydrogen-bond acceptors (Lipinski definition) is 6. The van der Waals surface area contributed by atoms with Crippen molar-refractivity contribution in [1.82, 2.24) is 19.4 Å². The fourth-order valence-electron chi connectivity index (χ4n) is 4.46. The molecule has 1 amide bonds. The second-order valence-corrected chi connectivity index (χ2v) is 9.63. The van der Waals surface area contributed by atoms with Crippen molar-refractivity contribution in [2.75, 3.05) is 40.4 Å². The highest BCUT2D eigenvalue weighted by molar-refractivity contribution is 5.85. The van der Waals surface area contributed by atoms with Crippen molar-refractivity contribution in [2.24, 2.45) is 7.05 Å². The Morgan fingerprint density at radius 3 is 2.44 bits per heavy atom. The first-order chi connectivity index (χ1) is 18.9. The second kappa shape index (κ2) is 16.6. The fraction of sp³-hybridized carbons (Fsp3) is 0.323. The van der Waals surface area contributed by atoms with Gasteiger partial charge in [0.05, 0.1) is 25.7 Å². The van der Waals surface area contributed by atoms with Gasteiger partial charge in [-0.05, 0) is 66.1 Å². The molecule has 4 aromatic rings. The molecule has 8 nitrogen and oxygen atoms in total. The van der Waals surface area contributed by atoms with Crippen LogP contribution in [0.15, 0.2) is 83.9 Å². The predicted molar refractivity (Wildman–Crippen MR) is 168 cm³/mol. The third-order valence-electron chi connectivity index (χ3n) is 6.81. The van der Waals surface area contributed by atoms with E-state index in [1.165, 1.54) is 5.56 Å². The summed E-state index contributed by atoms with van der Waals surface area (Å²) in [4.78, 5) is 33.0. The van der Waals surface area contributed by atoms with Crippen LogP contribution in [0.1, 0.15) is 17.5 Å². The van der Waals surface area contributed by atoms with Gasteiger partial charge in [0.15, 0.2) is 0 Å². The minimum Gasteiger partial charge on any atom is -0.497 e. The minimum absolute atomic E-state index is 0. The van der Waals surface area contributed by atoms with Crippen molar-refractivity contribution in [3.05, 3.63) is 101 Å². The van der Waals surface area contributed by atoms with Crippen LogP contribution in [0.3, 0.4) is 0 Å². The number of carbonyl (C=O) groups is 1. The predicted octanol–water partition coefficient (Wildman–Crippen LogP) is 4.76. The largest absolute Gasteiger partial charge is 0.497 e. The highest BCUT2D eigenvalue weighted by Gasteiger charge is 2.13. The third kappa shape index (κ3) is 9.78. The van der Waals surface area contributed by atoms with Gasteiger partial charge in [0.25, 0.3) is 5.56 Å². The fourth-order valence-corrected chi connectivity index (χ4v) is 4.46. The average molecular weight is 602 g/mol. The number of methoxy groups -OCH3 is 1. The molecule has 0 spiro atoms. The molecule has 0 radical (unpaired) electrons. The van der Waals surface area contributed by atoms with Crippen LogP contribution in [0.5, 0.6) is 11.5 Å². The maximum Gasteiger partial charge on any atom is 0.250 e. The highest BCUT2D eigenvalue weighted by atomic mass is 35.5. The summed E-state index contributed by atoms with van der Waals surface area (Å²) in [7, 11) is 5.25. The molecule has 2 heterocycles. The molecule has 0 aliphatic rings. The van der Waals surface area contributed by atoms with Crippen molar-refractivity contribution in [2.45, 2.75) is 19.4 Å². The van der Waals surface area contributed by atoms with Crippen molar-refractivity contribution in [3.63, 3.8) is 0 Å². The summed E-state index contributed by atoms with van der Waals surface area (Å²) >= 11 is 0. The number of aryl methyl sites for hydroxylation is 1. The summed E-state index contributed by atoms with van der Waals surface area (Å²) < 4.78 is 12.9. The van der Waals surface area contributed by atoms with E-state index in [1.807, 2.05) is 67.7 Å². The van der Waals surface area contributed by atoms with Crippen LogP contribution in [0, 0.1) is 0 Å². The molecule has 0 unspecified atom stereocenters. The van der Waals surface area contributed by atoms with E-state index in [4.69, 9.17) is 9.47 Å². The van der Waals surface area contributed by atoms with Gasteiger partial charge in [0.2, 0.25) is 5.91 Å². The maximum atomic E-state index is 12.9. The first kappa shape index (κ1) is 33.6. The van der Waals surface area contributed by atoms with E-state index in [2.05, 4.69) is 9.88 Å². The van der Waals surface area contributed by atoms with Crippen LogP contribution in [0.25, 0.3) is 10.9 Å². The summed E-state index contributed by atoms with van der Waals surface area (Å²) in [5, 5.41) is 0.968. The Labute approximate surface area is 253 Å². The molecule has 0 saturated carbocycles. The van der Waals surface area contributed by atoms with E-state index < -0.39 is 0 Å². The number of nitrogens with zero attached hydrogens (tertiary/aromatic N) is 4. The lowest BCUT2D eigenvalue weighted by molar-refractivity contribution is -0.129. The first-order valence-corrected chi connectivity index (χ1v) is 13.1. The van der Waals surface area contributed by atoms with E-state index in [0.717, 1.165) is 54.0 Å². The number of halogens is 2. The SMILES string of the molecule is COc1cccc(CC(=O)N(C)CCN(CCCOc2ccc3c(ccc(=O)n3C)c2)Cc2ccncc2)c1.Cl.Cl. The number of carbonyl (C=O) groups excluding carboxylic acids is 1. The second-order valence-electron chi connectivity index (χ2n) is 9.63. The summed E-state index contributed by atoms with van der Waals surface area (Å²) in [6.45, 7) is 3.52. The number of rotatable bonds is 13. The molecule has 220 valence electrons. The van der Waals surface area contributed by atoms with Gasteiger partial charge >= 0.3 is 0 Å². The van der Waals surface area contributed by atoms with E-state index >= 15 is 0 Å². The van der Waals surface area contributed by atoms with E-state index in [0.29, 0.717) is 19.6 Å². The van der Waals surface area contributed by atoms with Crippen LogP contribution in [-0.2, 0) is 24.8 Å². The molecule has 0 bridgehead atoms. The van der Waals surface area contributed by atoms with Crippen LogP contribution in [0.4, 0.5) is 0 Å². The molecule has 2 aromatic heterocycles. The Morgan fingerprint density at radius 2 is 1.68 bits per heavy atom. The van der Waals surface area contributed by atoms with E-state index in [1.54, 1.807) is 42.1 Å². The van der Waals surface area contributed by atoms with Crippen LogP contribution in [0.2, 0.25) is 0 Å². The van der Waals surface area contributed by atoms with Gasteiger partial charge in [-0.3, -0.25) is 19.5 Å². The summed E-state index contributed by atoms with van der Waals surface area (Å²) in [5.74, 6) is 1.61. The molecule has 2 aromatic carbocycles. The lowest BCUT2D eigenvalue weighted by Crippen LogP contribution is -2.37. The van der Waals surface area contributed by atoms with E-state index in [9.17, 15) is 9.59 Å². The van der Waals surface area contributed by atoms with E-state index in [-0.39, 0.29) is 36.3 Å². The van der Waals surface area contributed by atoms with Gasteiger partial charge in [-0.15, -0.1) is 24.8 Å². The lowest BCUT2D eigenvalue weighted by atomic mass is 10.1. The zero-order chi connectivity index (χ0) is 27.6. The Bertz CT molecular complexity index is 1450. The van der Waals surface area contributed by atoms with Crippen molar-refractivity contribution in [1.29, 1.82) is 0 Å². The van der Waals surface area contributed by atoms with Crippen LogP contribution in [-0.4, -0.2) is 65.7 Å². The van der Waals surface area contributed by atoms with Gasteiger partial charge in [0, 0.05) is 64.1 Å². The van der Waals surface area contributed by atoms with Crippen LogP contribution < -0.4 is 15.0 Å². The summed E-state index contributed by atoms with van der Waals surface area (Å²) in [6.07, 6.45) is 4.77. The monoisotopic (exact) mass is 600 g/mol. The molecule has 10 heteroatoms. The summed E-state index contributed by atoms with van der Waals surface area (Å²) in [5.41, 5.74) is 2.96. The molecule has 41 heavy (non-hydrogen) atoms. The molecule has 0 atom stereocenters. The third-order valence-corrected chi connectivity index (χ3v) is 6.81. The molecular weight excluding hydrogens is 563 g/mol. The van der Waals surface area contributed by atoms with Gasteiger partial charge in [0.1, 0.15) is 11.5 Å². The Morgan fingerprint density at radius 1 is 0.902 bits per heavy atom. The number of pyridine rings is 2. The molecular formula is C31H38Cl2N4O4. The van der Waals surface area contributed by atoms with Gasteiger partial charge in [-0.1, -0.05) is 12.1 Å². The number of fused-ring (bicyclic) bond motifs is 1. The zero-order valence-corrected chi connectivity index (χ0v) is 25.3. The van der Waals surface area contributed by atoms with Crippen molar-refractivity contribution < 1.29 is 14.3 Å². The lowest BCUT2D eigenvalue weighted by Gasteiger charge is -2.26. The Kier molecular flexibility index (Phi) is 13.6.